The molecule has 1 aromatic heterocycles. The van der Waals surface area contributed by atoms with Crippen LogP contribution in [-0.4, -0.2) is 16.1 Å². The lowest BCUT2D eigenvalue weighted by molar-refractivity contribution is 0.0699. The molecule has 5 heteroatoms. The molecule has 0 atom stereocenters. The molecule has 0 bridgehead atoms. The number of hydrogen-bond donors (Lipinski definition) is 2. The Bertz CT molecular complexity index is 793. The number of para-hydroxylation sites is 1. The summed E-state index contributed by atoms with van der Waals surface area (Å²) in [6.45, 7) is 1.92. The number of aromatic carboxylic acids is 1. The molecule has 0 saturated carbocycles. The van der Waals surface area contributed by atoms with Crippen LogP contribution in [0.1, 0.15) is 15.9 Å². The third-order valence-corrected chi connectivity index (χ3v) is 3.64. The van der Waals surface area contributed by atoms with E-state index in [9.17, 15) is 9.90 Å². The molecule has 0 unspecified atom stereocenters. The molecule has 0 amide bonds. The number of halogens is 2. The van der Waals surface area contributed by atoms with Crippen molar-refractivity contribution < 1.29 is 9.90 Å². The van der Waals surface area contributed by atoms with Crippen molar-refractivity contribution in [2.45, 2.75) is 6.92 Å². The maximum absolute atomic E-state index is 11.2. The lowest BCUT2D eigenvalue weighted by atomic mass is 10.1. The van der Waals surface area contributed by atoms with Gasteiger partial charge in [0.2, 0.25) is 0 Å². The van der Waals surface area contributed by atoms with Crippen LogP contribution >= 0.6 is 24.0 Å². The highest BCUT2D eigenvalue weighted by molar-refractivity contribution is 6.32. The molecular weight excluding hydrogens is 285 g/mol. The highest BCUT2D eigenvalue weighted by Crippen LogP contribution is 2.32. The van der Waals surface area contributed by atoms with Gasteiger partial charge in [-0.3, -0.25) is 0 Å². The number of carbonyl (C=O) groups is 1. The molecule has 2 aromatic carbocycles. The monoisotopic (exact) mass is 295 g/mol. The quantitative estimate of drug-likeness (QED) is 0.699. The van der Waals surface area contributed by atoms with Crippen molar-refractivity contribution in [1.82, 2.24) is 4.98 Å². The van der Waals surface area contributed by atoms with Crippen LogP contribution in [0.5, 0.6) is 0 Å². The Labute approximate surface area is 120 Å². The van der Waals surface area contributed by atoms with Gasteiger partial charge in [-0.2, -0.15) is 0 Å². The fraction of sp³-hybridized carbons (Fsp3) is 0.0714. The first-order valence-electron chi connectivity index (χ1n) is 5.52. The van der Waals surface area contributed by atoms with Crippen molar-refractivity contribution >= 4 is 51.8 Å². The van der Waals surface area contributed by atoms with E-state index in [-0.39, 0.29) is 18.0 Å². The van der Waals surface area contributed by atoms with Crippen LogP contribution in [-0.2, 0) is 0 Å². The van der Waals surface area contributed by atoms with Crippen LogP contribution < -0.4 is 0 Å². The number of nitrogens with one attached hydrogen (secondary N) is 1. The smallest absolute Gasteiger partial charge is 0.337 e. The topological polar surface area (TPSA) is 53.1 Å². The first-order valence-corrected chi connectivity index (χ1v) is 5.90. The lowest BCUT2D eigenvalue weighted by Crippen LogP contribution is -1.96. The molecule has 3 rings (SSSR count). The zero-order valence-corrected chi connectivity index (χ0v) is 11.6. The molecule has 0 saturated heterocycles. The van der Waals surface area contributed by atoms with E-state index in [1.807, 2.05) is 25.1 Å². The van der Waals surface area contributed by atoms with Crippen molar-refractivity contribution in [2.24, 2.45) is 0 Å². The van der Waals surface area contributed by atoms with Crippen molar-refractivity contribution in [3.63, 3.8) is 0 Å². The van der Waals surface area contributed by atoms with Gasteiger partial charge in [-0.15, -0.1) is 12.4 Å². The van der Waals surface area contributed by atoms with Gasteiger partial charge in [0.1, 0.15) is 0 Å². The highest BCUT2D eigenvalue weighted by Gasteiger charge is 2.14. The van der Waals surface area contributed by atoms with Crippen LogP contribution in [0.15, 0.2) is 30.3 Å². The van der Waals surface area contributed by atoms with Crippen LogP contribution in [0.2, 0.25) is 5.02 Å². The van der Waals surface area contributed by atoms with E-state index in [1.165, 1.54) is 0 Å². The predicted molar refractivity (Wildman–Crippen MR) is 79.8 cm³/mol. The summed E-state index contributed by atoms with van der Waals surface area (Å²) < 4.78 is 0. The molecular formula is C14H11Cl2NO2. The van der Waals surface area contributed by atoms with Crippen molar-refractivity contribution in [2.75, 3.05) is 0 Å². The number of aromatic amines is 1. The van der Waals surface area contributed by atoms with Crippen molar-refractivity contribution in [3.05, 3.63) is 46.5 Å². The fourth-order valence-electron chi connectivity index (χ4n) is 2.29. The maximum atomic E-state index is 11.2. The lowest BCUT2D eigenvalue weighted by Gasteiger charge is -1.98. The molecule has 98 valence electrons. The average molecular weight is 296 g/mol. The second-order valence-corrected chi connectivity index (χ2v) is 4.66. The molecule has 0 aliphatic rings. The fourth-order valence-corrected chi connectivity index (χ4v) is 2.44. The van der Waals surface area contributed by atoms with Gasteiger partial charge in [-0.25, -0.2) is 4.79 Å². The number of fused-ring (bicyclic) bond motifs is 3. The van der Waals surface area contributed by atoms with E-state index >= 15 is 0 Å². The van der Waals surface area contributed by atoms with Gasteiger partial charge in [-0.1, -0.05) is 29.8 Å². The van der Waals surface area contributed by atoms with E-state index < -0.39 is 5.97 Å². The summed E-state index contributed by atoms with van der Waals surface area (Å²) in [6.07, 6.45) is 0. The van der Waals surface area contributed by atoms with E-state index in [1.54, 1.807) is 12.1 Å². The average Bonchev–Trinajstić information content (AvgIpc) is 2.72. The van der Waals surface area contributed by atoms with Gasteiger partial charge >= 0.3 is 5.97 Å². The number of rotatable bonds is 1. The standard InChI is InChI=1S/C14H10ClNO2.ClH/c1-7-11(15)6-5-9-8-3-2-4-10(14(17)18)13(8)16-12(7)9;/h2-6,16H,1H3,(H,17,18);1H. The summed E-state index contributed by atoms with van der Waals surface area (Å²) in [5, 5.41) is 11.8. The maximum Gasteiger partial charge on any atom is 0.337 e. The molecule has 19 heavy (non-hydrogen) atoms. The number of aryl methyl sites for hydroxylation is 1. The molecule has 0 aliphatic heterocycles. The number of carboxylic acid groups (broad SMARTS) is 1. The van der Waals surface area contributed by atoms with Gasteiger partial charge < -0.3 is 10.1 Å². The Morgan fingerprint density at radius 3 is 2.53 bits per heavy atom. The van der Waals surface area contributed by atoms with Gasteiger partial charge in [0, 0.05) is 15.8 Å². The molecule has 0 radical (unpaired) electrons. The SMILES string of the molecule is Cc1c(Cl)ccc2c1[nH]c1c(C(=O)O)cccc12.Cl. The van der Waals surface area contributed by atoms with Gasteiger partial charge in [0.25, 0.3) is 0 Å². The van der Waals surface area contributed by atoms with E-state index in [0.717, 1.165) is 21.9 Å². The summed E-state index contributed by atoms with van der Waals surface area (Å²) in [5.41, 5.74) is 2.75. The third kappa shape index (κ3) is 1.95. The Balaban J connectivity index is 0.00000133. The Morgan fingerprint density at radius 1 is 1.16 bits per heavy atom. The summed E-state index contributed by atoms with van der Waals surface area (Å²) in [4.78, 5) is 14.4. The number of carboxylic acids is 1. The molecule has 3 aromatic rings. The largest absolute Gasteiger partial charge is 0.478 e. The van der Waals surface area contributed by atoms with Gasteiger partial charge in [-0.05, 0) is 24.6 Å². The minimum Gasteiger partial charge on any atom is -0.478 e. The molecule has 0 spiro atoms. The summed E-state index contributed by atoms with van der Waals surface area (Å²) in [6, 6.07) is 9.00. The summed E-state index contributed by atoms with van der Waals surface area (Å²) >= 11 is 6.08. The molecule has 1 heterocycles. The van der Waals surface area contributed by atoms with Gasteiger partial charge in [0.05, 0.1) is 16.6 Å². The summed E-state index contributed by atoms with van der Waals surface area (Å²) in [7, 11) is 0. The number of benzene rings is 2. The molecule has 2 N–H and O–H groups in total. The Hall–Kier alpha value is -1.71. The first-order chi connectivity index (χ1) is 8.59. The van der Waals surface area contributed by atoms with E-state index in [0.29, 0.717) is 10.5 Å². The molecule has 3 nitrogen and oxygen atoms in total. The second-order valence-electron chi connectivity index (χ2n) is 4.25. The van der Waals surface area contributed by atoms with Gasteiger partial charge in [0.15, 0.2) is 0 Å². The normalized spacial score (nSPS) is 10.6. The third-order valence-electron chi connectivity index (χ3n) is 3.23. The number of H-pyrrole nitrogens is 1. The molecule has 0 fully saturated rings. The highest BCUT2D eigenvalue weighted by atomic mass is 35.5. The number of hydrogen-bond acceptors (Lipinski definition) is 1. The zero-order chi connectivity index (χ0) is 12.9. The van der Waals surface area contributed by atoms with Crippen LogP contribution in [0.25, 0.3) is 21.8 Å². The second kappa shape index (κ2) is 4.76. The van der Waals surface area contributed by atoms with E-state index in [2.05, 4.69) is 4.98 Å². The van der Waals surface area contributed by atoms with Crippen LogP contribution in [0, 0.1) is 6.92 Å². The van der Waals surface area contributed by atoms with E-state index in [4.69, 9.17) is 11.6 Å². The Morgan fingerprint density at radius 2 is 1.84 bits per heavy atom. The minimum absolute atomic E-state index is 0. The van der Waals surface area contributed by atoms with Crippen molar-refractivity contribution in [1.29, 1.82) is 0 Å². The molecule has 0 aliphatic carbocycles. The summed E-state index contributed by atoms with van der Waals surface area (Å²) in [5.74, 6) is -0.934. The first kappa shape index (κ1) is 13.7. The predicted octanol–water partition coefficient (Wildman–Crippen LogP) is 4.40. The van der Waals surface area contributed by atoms with Crippen molar-refractivity contribution in [3.8, 4) is 0 Å². The number of aromatic nitrogens is 1. The Kier molecular flexibility index (Phi) is 3.43. The van der Waals surface area contributed by atoms with Crippen LogP contribution in [0.4, 0.5) is 0 Å². The van der Waals surface area contributed by atoms with Crippen LogP contribution in [0.3, 0.4) is 0 Å². The zero-order valence-electron chi connectivity index (χ0n) is 10.0. The minimum atomic E-state index is -0.934.